The molecule has 2 amide bonds. The summed E-state index contributed by atoms with van der Waals surface area (Å²) in [5.41, 5.74) is 0.806. The minimum Gasteiger partial charge on any atom is -0.352 e. The topological polar surface area (TPSA) is 86.8 Å². The Morgan fingerprint density at radius 2 is 1.59 bits per heavy atom. The number of hydrogen-bond donors (Lipinski definition) is 1. The van der Waals surface area contributed by atoms with Gasteiger partial charge in [-0.1, -0.05) is 72.1 Å². The Kier molecular flexibility index (Phi) is 10.1. The molecule has 2 atom stereocenters. The minimum absolute atomic E-state index is 0.0169. The van der Waals surface area contributed by atoms with E-state index in [0.29, 0.717) is 0 Å². The molecule has 0 fully saturated rings. The average Bonchev–Trinajstić information content (AvgIpc) is 2.77. The van der Waals surface area contributed by atoms with Gasteiger partial charge < -0.3 is 10.2 Å². The van der Waals surface area contributed by atoms with Gasteiger partial charge in [0, 0.05) is 12.6 Å². The number of nitrogens with one attached hydrogen (secondary N) is 1. The van der Waals surface area contributed by atoms with Crippen LogP contribution in [0, 0.1) is 0 Å². The summed E-state index contributed by atoms with van der Waals surface area (Å²) >= 11 is 18.3. The van der Waals surface area contributed by atoms with E-state index in [9.17, 15) is 18.0 Å². The van der Waals surface area contributed by atoms with Gasteiger partial charge >= 0.3 is 0 Å². The number of amides is 2. The predicted molar refractivity (Wildman–Crippen MR) is 138 cm³/mol. The largest absolute Gasteiger partial charge is 0.352 e. The van der Waals surface area contributed by atoms with Crippen molar-refractivity contribution in [1.82, 2.24) is 10.2 Å². The normalized spacial score (nSPS) is 13.1. The maximum atomic E-state index is 13.5. The second kappa shape index (κ2) is 12.1. The number of nitrogens with zero attached hydrogens (tertiary/aromatic N) is 2. The van der Waals surface area contributed by atoms with Gasteiger partial charge in [-0.15, -0.1) is 0 Å². The fourth-order valence-electron chi connectivity index (χ4n) is 3.13. The molecular formula is C23H28Cl3N3O4S. The summed E-state index contributed by atoms with van der Waals surface area (Å²) in [5, 5.41) is 3.13. The summed E-state index contributed by atoms with van der Waals surface area (Å²) in [6.07, 6.45) is 1.68. The summed E-state index contributed by atoms with van der Waals surface area (Å²) in [6.45, 7) is 4.94. The Hall–Kier alpha value is -2.00. The lowest BCUT2D eigenvalue weighted by Crippen LogP contribution is -2.52. The molecule has 0 unspecified atom stereocenters. The summed E-state index contributed by atoms with van der Waals surface area (Å²) < 4.78 is 26.1. The second-order valence-corrected chi connectivity index (χ2v) is 11.1. The zero-order valence-corrected chi connectivity index (χ0v) is 22.5. The maximum Gasteiger partial charge on any atom is 0.244 e. The number of hydrogen-bond acceptors (Lipinski definition) is 4. The van der Waals surface area contributed by atoms with Crippen molar-refractivity contribution in [2.24, 2.45) is 0 Å². The molecule has 0 aliphatic carbocycles. The molecule has 0 aliphatic heterocycles. The molecule has 0 aromatic heterocycles. The third-order valence-electron chi connectivity index (χ3n) is 5.30. The van der Waals surface area contributed by atoms with Crippen molar-refractivity contribution in [2.45, 2.75) is 45.8 Å². The quantitative estimate of drug-likeness (QED) is 0.434. The molecular weight excluding hydrogens is 521 g/mol. The molecule has 0 spiro atoms. The molecule has 11 heteroatoms. The second-order valence-electron chi connectivity index (χ2n) is 7.99. The molecule has 34 heavy (non-hydrogen) atoms. The molecule has 0 radical (unpaired) electrons. The fourth-order valence-corrected chi connectivity index (χ4v) is 4.67. The van der Waals surface area contributed by atoms with Crippen LogP contribution in [0.15, 0.2) is 42.5 Å². The summed E-state index contributed by atoms with van der Waals surface area (Å²) in [5.74, 6) is -0.916. The smallest absolute Gasteiger partial charge is 0.244 e. The number of carbonyl (C=O) groups excluding carboxylic acids is 2. The van der Waals surface area contributed by atoms with Crippen LogP contribution in [0.1, 0.15) is 32.8 Å². The first-order valence-electron chi connectivity index (χ1n) is 10.6. The Bertz CT molecular complexity index is 1130. The van der Waals surface area contributed by atoms with Crippen LogP contribution in [0.25, 0.3) is 0 Å². The van der Waals surface area contributed by atoms with Crippen LogP contribution in [-0.4, -0.2) is 50.0 Å². The van der Waals surface area contributed by atoms with Crippen molar-refractivity contribution in [3.8, 4) is 0 Å². The zero-order chi connectivity index (χ0) is 25.6. The van der Waals surface area contributed by atoms with Gasteiger partial charge in [-0.3, -0.25) is 13.9 Å². The van der Waals surface area contributed by atoms with E-state index in [1.807, 2.05) is 44.2 Å². The van der Waals surface area contributed by atoms with Crippen LogP contribution in [0.2, 0.25) is 15.1 Å². The van der Waals surface area contributed by atoms with Crippen molar-refractivity contribution in [2.75, 3.05) is 17.1 Å². The van der Waals surface area contributed by atoms with Crippen molar-refractivity contribution >= 4 is 62.3 Å². The number of sulfonamides is 1. The molecule has 1 N–H and O–H groups in total. The van der Waals surface area contributed by atoms with Crippen molar-refractivity contribution in [1.29, 1.82) is 0 Å². The highest BCUT2D eigenvalue weighted by Gasteiger charge is 2.31. The van der Waals surface area contributed by atoms with Gasteiger partial charge in [-0.25, -0.2) is 8.42 Å². The molecule has 2 rings (SSSR count). The van der Waals surface area contributed by atoms with Gasteiger partial charge in [-0.05, 0) is 38.0 Å². The predicted octanol–water partition coefficient (Wildman–Crippen LogP) is 4.74. The SMILES string of the molecule is CC[C@H](C)NC(=O)[C@@H](C)N(Cc1ccccc1)C(=O)CN(c1cc(Cl)c(Cl)cc1Cl)S(C)(=O)=O. The van der Waals surface area contributed by atoms with E-state index in [0.717, 1.165) is 22.5 Å². The number of anilines is 1. The molecule has 7 nitrogen and oxygen atoms in total. The third kappa shape index (κ3) is 7.50. The number of rotatable bonds is 10. The number of halogens is 3. The van der Waals surface area contributed by atoms with Gasteiger partial charge in [0.15, 0.2) is 0 Å². The molecule has 0 saturated heterocycles. The lowest BCUT2D eigenvalue weighted by atomic mass is 10.1. The van der Waals surface area contributed by atoms with Crippen LogP contribution in [0.4, 0.5) is 5.69 Å². The van der Waals surface area contributed by atoms with Crippen LogP contribution in [0.3, 0.4) is 0 Å². The molecule has 0 heterocycles. The number of carbonyl (C=O) groups is 2. The molecule has 186 valence electrons. The van der Waals surface area contributed by atoms with Crippen LogP contribution >= 0.6 is 34.8 Å². The van der Waals surface area contributed by atoms with E-state index in [-0.39, 0.29) is 39.2 Å². The molecule has 0 saturated carbocycles. The highest BCUT2D eigenvalue weighted by atomic mass is 35.5. The summed E-state index contributed by atoms with van der Waals surface area (Å²) in [4.78, 5) is 27.7. The summed E-state index contributed by atoms with van der Waals surface area (Å²) in [7, 11) is -3.94. The van der Waals surface area contributed by atoms with E-state index >= 15 is 0 Å². The highest BCUT2D eigenvalue weighted by Crippen LogP contribution is 2.35. The van der Waals surface area contributed by atoms with Crippen LogP contribution in [0.5, 0.6) is 0 Å². The van der Waals surface area contributed by atoms with E-state index in [1.54, 1.807) is 6.92 Å². The van der Waals surface area contributed by atoms with Gasteiger partial charge in [-0.2, -0.15) is 0 Å². The molecule has 0 bridgehead atoms. The van der Waals surface area contributed by atoms with Crippen molar-refractivity contribution in [3.05, 3.63) is 63.1 Å². The fraction of sp³-hybridized carbons (Fsp3) is 0.391. The van der Waals surface area contributed by atoms with E-state index in [2.05, 4.69) is 5.32 Å². The maximum absolute atomic E-state index is 13.5. The van der Waals surface area contributed by atoms with Gasteiger partial charge in [0.1, 0.15) is 12.6 Å². The van der Waals surface area contributed by atoms with Crippen LogP contribution < -0.4 is 9.62 Å². The van der Waals surface area contributed by atoms with Crippen molar-refractivity contribution < 1.29 is 18.0 Å². The standard InChI is InChI=1S/C23H28Cl3N3O4S/c1-5-15(2)27-23(31)16(3)28(13-17-9-7-6-8-10-17)22(30)14-29(34(4,32)33)21-12-19(25)18(24)11-20(21)26/h6-12,15-16H,5,13-14H2,1-4H3,(H,27,31)/t15-,16+/m0/s1. The molecule has 0 aliphatic rings. The molecule has 2 aromatic rings. The van der Waals surface area contributed by atoms with Crippen LogP contribution in [-0.2, 0) is 26.2 Å². The lowest BCUT2D eigenvalue weighted by molar-refractivity contribution is -0.139. The Morgan fingerprint density at radius 3 is 2.15 bits per heavy atom. The third-order valence-corrected chi connectivity index (χ3v) is 7.45. The first-order chi connectivity index (χ1) is 15.8. The van der Waals surface area contributed by atoms with Gasteiger partial charge in [0.05, 0.1) is 27.0 Å². The highest BCUT2D eigenvalue weighted by molar-refractivity contribution is 7.92. The van der Waals surface area contributed by atoms with Crippen molar-refractivity contribution in [3.63, 3.8) is 0 Å². The monoisotopic (exact) mass is 547 g/mol. The Labute approximate surface area is 216 Å². The average molecular weight is 549 g/mol. The molecule has 2 aromatic carbocycles. The van der Waals surface area contributed by atoms with E-state index in [4.69, 9.17) is 34.8 Å². The Balaban J connectivity index is 2.43. The van der Waals surface area contributed by atoms with Gasteiger partial charge in [0.2, 0.25) is 21.8 Å². The zero-order valence-electron chi connectivity index (χ0n) is 19.4. The number of benzene rings is 2. The first kappa shape index (κ1) is 28.2. The lowest BCUT2D eigenvalue weighted by Gasteiger charge is -2.32. The summed E-state index contributed by atoms with van der Waals surface area (Å²) in [6, 6.07) is 10.8. The van der Waals surface area contributed by atoms with E-state index < -0.39 is 28.5 Å². The minimum atomic E-state index is -3.94. The Morgan fingerprint density at radius 1 is 1.00 bits per heavy atom. The van der Waals surface area contributed by atoms with Gasteiger partial charge in [0.25, 0.3) is 0 Å². The first-order valence-corrected chi connectivity index (χ1v) is 13.6. The van der Waals surface area contributed by atoms with E-state index in [1.165, 1.54) is 17.0 Å².